The fourth-order valence-corrected chi connectivity index (χ4v) is 2.00. The number of hydrogen-bond acceptors (Lipinski definition) is 3. The first kappa shape index (κ1) is 16.0. The number of nitriles is 1. The van der Waals surface area contributed by atoms with E-state index in [1.807, 2.05) is 19.1 Å². The normalized spacial score (nSPS) is 10.7. The molecule has 2 N–H and O–H groups in total. The van der Waals surface area contributed by atoms with Gasteiger partial charge in [0.2, 0.25) is 0 Å². The second-order valence-electron chi connectivity index (χ2n) is 4.92. The molecule has 0 aliphatic carbocycles. The second kappa shape index (κ2) is 7.05. The van der Waals surface area contributed by atoms with Gasteiger partial charge in [0.15, 0.2) is 0 Å². The first-order chi connectivity index (χ1) is 11.0. The molecule has 2 rings (SSSR count). The summed E-state index contributed by atoms with van der Waals surface area (Å²) in [6.07, 6.45) is 1.36. The summed E-state index contributed by atoms with van der Waals surface area (Å²) in [5.74, 6) is -1.61. The fraction of sp³-hybridized carbons (Fsp3) is 0.0556. The van der Waals surface area contributed by atoms with E-state index in [1.54, 1.807) is 30.3 Å². The molecule has 0 atom stereocenters. The molecular weight excluding hydrogens is 292 g/mol. The lowest BCUT2D eigenvalue weighted by Gasteiger charge is -2.05. The maximum atomic E-state index is 12.2. The van der Waals surface area contributed by atoms with Crippen LogP contribution in [0.4, 0.5) is 5.69 Å². The predicted molar refractivity (Wildman–Crippen MR) is 86.8 cm³/mol. The Morgan fingerprint density at radius 3 is 2.57 bits per heavy atom. The van der Waals surface area contributed by atoms with Crippen LogP contribution in [-0.4, -0.2) is 17.0 Å². The van der Waals surface area contributed by atoms with Gasteiger partial charge in [-0.3, -0.25) is 4.79 Å². The summed E-state index contributed by atoms with van der Waals surface area (Å²) in [7, 11) is 0. The fourth-order valence-electron chi connectivity index (χ4n) is 2.00. The minimum Gasteiger partial charge on any atom is -0.478 e. The number of carboxylic acid groups (broad SMARTS) is 1. The Balaban J connectivity index is 2.25. The summed E-state index contributed by atoms with van der Waals surface area (Å²) >= 11 is 0. The van der Waals surface area contributed by atoms with E-state index in [0.717, 1.165) is 5.56 Å². The molecule has 0 saturated heterocycles. The number of aromatic carboxylic acids is 1. The third-order valence-corrected chi connectivity index (χ3v) is 3.09. The van der Waals surface area contributed by atoms with Crippen molar-refractivity contribution < 1.29 is 14.7 Å². The van der Waals surface area contributed by atoms with Crippen LogP contribution in [0.2, 0.25) is 0 Å². The largest absolute Gasteiger partial charge is 0.478 e. The summed E-state index contributed by atoms with van der Waals surface area (Å²) in [6, 6.07) is 15.1. The van der Waals surface area contributed by atoms with Crippen LogP contribution in [0.15, 0.2) is 54.1 Å². The van der Waals surface area contributed by atoms with Crippen LogP contribution in [-0.2, 0) is 4.79 Å². The molecule has 5 heteroatoms. The van der Waals surface area contributed by atoms with Gasteiger partial charge in [0.25, 0.3) is 5.91 Å². The highest BCUT2D eigenvalue weighted by atomic mass is 16.4. The zero-order chi connectivity index (χ0) is 16.8. The number of carboxylic acids is 1. The van der Waals surface area contributed by atoms with Gasteiger partial charge in [-0.25, -0.2) is 4.79 Å². The lowest BCUT2D eigenvalue weighted by atomic mass is 10.1. The maximum Gasteiger partial charge on any atom is 0.335 e. The molecule has 0 radical (unpaired) electrons. The zero-order valence-corrected chi connectivity index (χ0v) is 12.4. The highest BCUT2D eigenvalue weighted by Gasteiger charge is 2.10. The van der Waals surface area contributed by atoms with Crippen LogP contribution in [0.5, 0.6) is 0 Å². The highest BCUT2D eigenvalue weighted by Crippen LogP contribution is 2.14. The molecule has 0 spiro atoms. The number of nitrogens with zero attached hydrogens (tertiary/aromatic N) is 1. The molecule has 0 fully saturated rings. The number of benzene rings is 2. The number of amides is 1. The van der Waals surface area contributed by atoms with Crippen LogP contribution < -0.4 is 5.32 Å². The van der Waals surface area contributed by atoms with Crippen molar-refractivity contribution in [3.8, 4) is 6.07 Å². The molecule has 0 heterocycles. The van der Waals surface area contributed by atoms with Crippen LogP contribution in [0.25, 0.3) is 6.08 Å². The van der Waals surface area contributed by atoms with E-state index in [0.29, 0.717) is 11.3 Å². The van der Waals surface area contributed by atoms with Crippen molar-refractivity contribution in [3.63, 3.8) is 0 Å². The van der Waals surface area contributed by atoms with Crippen LogP contribution >= 0.6 is 0 Å². The molecule has 0 aliphatic heterocycles. The maximum absolute atomic E-state index is 12.2. The van der Waals surface area contributed by atoms with E-state index in [-0.39, 0.29) is 11.1 Å². The Bertz CT molecular complexity index is 832. The summed E-state index contributed by atoms with van der Waals surface area (Å²) in [4.78, 5) is 23.1. The van der Waals surface area contributed by atoms with Crippen molar-refractivity contribution in [1.29, 1.82) is 5.26 Å². The molecule has 0 aromatic heterocycles. The van der Waals surface area contributed by atoms with Crippen molar-refractivity contribution in [2.24, 2.45) is 0 Å². The SMILES string of the molecule is Cc1cccc(NC(=O)C(C#N)=Cc2cccc(C(=O)O)c2)c1. The van der Waals surface area contributed by atoms with E-state index in [2.05, 4.69) is 5.32 Å². The van der Waals surface area contributed by atoms with Crippen molar-refractivity contribution in [3.05, 3.63) is 70.8 Å². The highest BCUT2D eigenvalue weighted by molar-refractivity contribution is 6.09. The van der Waals surface area contributed by atoms with Gasteiger partial charge in [-0.1, -0.05) is 24.3 Å². The average molecular weight is 306 g/mol. The van der Waals surface area contributed by atoms with E-state index in [9.17, 15) is 14.9 Å². The number of carbonyl (C=O) groups excluding carboxylic acids is 1. The standard InChI is InChI=1S/C18H14N2O3/c1-12-4-2-7-16(8-12)20-17(21)15(11-19)10-13-5-3-6-14(9-13)18(22)23/h2-10H,1H3,(H,20,21)(H,22,23). The van der Waals surface area contributed by atoms with Crippen LogP contribution in [0, 0.1) is 18.3 Å². The van der Waals surface area contributed by atoms with Crippen molar-refractivity contribution >= 4 is 23.6 Å². The Morgan fingerprint density at radius 2 is 1.91 bits per heavy atom. The number of hydrogen-bond donors (Lipinski definition) is 2. The van der Waals surface area contributed by atoms with E-state index < -0.39 is 11.9 Å². The minimum absolute atomic E-state index is 0.0927. The molecule has 2 aromatic carbocycles. The summed E-state index contributed by atoms with van der Waals surface area (Å²) in [6.45, 7) is 1.90. The molecule has 0 unspecified atom stereocenters. The molecule has 0 saturated carbocycles. The number of anilines is 1. The van der Waals surface area contributed by atoms with Gasteiger partial charge in [0.05, 0.1) is 5.56 Å². The van der Waals surface area contributed by atoms with E-state index >= 15 is 0 Å². The van der Waals surface area contributed by atoms with Crippen LogP contribution in [0.1, 0.15) is 21.5 Å². The molecule has 0 aliphatic rings. The second-order valence-corrected chi connectivity index (χ2v) is 4.92. The summed E-state index contributed by atoms with van der Waals surface area (Å²) in [5, 5.41) is 20.8. The smallest absolute Gasteiger partial charge is 0.335 e. The Morgan fingerprint density at radius 1 is 1.17 bits per heavy atom. The number of aryl methyl sites for hydroxylation is 1. The number of carbonyl (C=O) groups is 2. The van der Waals surface area contributed by atoms with E-state index in [4.69, 9.17) is 5.11 Å². The first-order valence-electron chi connectivity index (χ1n) is 6.83. The summed E-state index contributed by atoms with van der Waals surface area (Å²) in [5.41, 5.74) is 2.04. The Hall–Kier alpha value is -3.39. The topological polar surface area (TPSA) is 90.2 Å². The van der Waals surface area contributed by atoms with Gasteiger partial charge in [-0.05, 0) is 48.4 Å². The lowest BCUT2D eigenvalue weighted by molar-refractivity contribution is -0.112. The van der Waals surface area contributed by atoms with Crippen molar-refractivity contribution in [2.75, 3.05) is 5.32 Å². The van der Waals surface area contributed by atoms with Gasteiger partial charge in [0.1, 0.15) is 11.6 Å². The lowest BCUT2D eigenvalue weighted by Crippen LogP contribution is -2.13. The molecule has 114 valence electrons. The van der Waals surface area contributed by atoms with E-state index in [1.165, 1.54) is 18.2 Å². The molecule has 2 aromatic rings. The number of nitrogens with one attached hydrogen (secondary N) is 1. The minimum atomic E-state index is -1.07. The summed E-state index contributed by atoms with van der Waals surface area (Å²) < 4.78 is 0. The van der Waals surface area contributed by atoms with Gasteiger partial charge in [-0.2, -0.15) is 5.26 Å². The monoisotopic (exact) mass is 306 g/mol. The first-order valence-corrected chi connectivity index (χ1v) is 6.83. The van der Waals surface area contributed by atoms with Gasteiger partial charge < -0.3 is 10.4 Å². The third kappa shape index (κ3) is 4.29. The zero-order valence-electron chi connectivity index (χ0n) is 12.4. The van der Waals surface area contributed by atoms with Gasteiger partial charge >= 0.3 is 5.97 Å². The van der Waals surface area contributed by atoms with Gasteiger partial charge in [-0.15, -0.1) is 0 Å². The van der Waals surface area contributed by atoms with Crippen LogP contribution in [0.3, 0.4) is 0 Å². The van der Waals surface area contributed by atoms with Crippen molar-refractivity contribution in [1.82, 2.24) is 0 Å². The molecule has 0 bridgehead atoms. The number of rotatable bonds is 4. The molecule has 23 heavy (non-hydrogen) atoms. The quantitative estimate of drug-likeness (QED) is 0.670. The Kier molecular flexibility index (Phi) is 4.90. The van der Waals surface area contributed by atoms with Gasteiger partial charge in [0, 0.05) is 5.69 Å². The molecule has 5 nitrogen and oxygen atoms in total. The molecular formula is C18H14N2O3. The molecule has 1 amide bonds. The average Bonchev–Trinajstić information content (AvgIpc) is 2.52. The van der Waals surface area contributed by atoms with Crippen molar-refractivity contribution in [2.45, 2.75) is 6.92 Å². The third-order valence-electron chi connectivity index (χ3n) is 3.09. The predicted octanol–water partition coefficient (Wildman–Crippen LogP) is 3.24. The Labute approximate surface area is 133 Å².